The third-order valence-electron chi connectivity index (χ3n) is 3.06. The highest BCUT2D eigenvalue weighted by Gasteiger charge is 2.19. The summed E-state index contributed by atoms with van der Waals surface area (Å²) in [5.41, 5.74) is 0.0154. The lowest BCUT2D eigenvalue weighted by Gasteiger charge is -2.29. The monoisotopic (exact) mass is 231 g/mol. The van der Waals surface area contributed by atoms with Crippen molar-refractivity contribution >= 4 is 5.97 Å². The minimum absolute atomic E-state index is 0.0154. The fourth-order valence-corrected chi connectivity index (χ4v) is 1.61. The molecule has 0 aromatic rings. The molecule has 0 amide bonds. The third kappa shape index (κ3) is 7.65. The highest BCUT2D eigenvalue weighted by Crippen LogP contribution is 2.13. The molecule has 0 aromatic carbocycles. The first kappa shape index (κ1) is 15.4. The third-order valence-corrected chi connectivity index (χ3v) is 3.06. The molecule has 0 heterocycles. The van der Waals surface area contributed by atoms with Gasteiger partial charge in [-0.25, -0.2) is 0 Å². The number of carboxylic acid groups (broad SMARTS) is 1. The molecule has 0 aliphatic heterocycles. The summed E-state index contributed by atoms with van der Waals surface area (Å²) in [4.78, 5) is 10.3. The second-order valence-corrected chi connectivity index (χ2v) is 4.52. The Hall–Kier alpha value is -0.610. The van der Waals surface area contributed by atoms with Gasteiger partial charge in [0.25, 0.3) is 0 Å². The summed E-state index contributed by atoms with van der Waals surface area (Å²) in [5.74, 6) is -0.716. The molecule has 0 saturated carbocycles. The molecule has 0 aromatic heterocycles. The predicted octanol–water partition coefficient (Wildman–Crippen LogP) is 1.77. The number of aliphatic carboxylic acids is 1. The zero-order valence-electron chi connectivity index (χ0n) is 10.5. The molecule has 1 atom stereocenters. The SMILES string of the molecule is CCC(C)(CCO)NCCCCCC(=O)O. The number of aliphatic hydroxyl groups excluding tert-OH is 1. The van der Waals surface area contributed by atoms with Crippen molar-refractivity contribution in [3.05, 3.63) is 0 Å². The van der Waals surface area contributed by atoms with E-state index >= 15 is 0 Å². The molecule has 0 aliphatic rings. The van der Waals surface area contributed by atoms with E-state index in [-0.39, 0.29) is 18.6 Å². The van der Waals surface area contributed by atoms with Crippen LogP contribution in [0.1, 0.15) is 52.4 Å². The summed E-state index contributed by atoms with van der Waals surface area (Å²) in [6, 6.07) is 0. The minimum Gasteiger partial charge on any atom is -0.481 e. The largest absolute Gasteiger partial charge is 0.481 e. The van der Waals surface area contributed by atoms with Crippen LogP contribution in [0.4, 0.5) is 0 Å². The van der Waals surface area contributed by atoms with E-state index in [0.717, 1.165) is 38.6 Å². The van der Waals surface area contributed by atoms with Crippen LogP contribution in [-0.4, -0.2) is 34.9 Å². The van der Waals surface area contributed by atoms with E-state index in [9.17, 15) is 4.79 Å². The van der Waals surface area contributed by atoms with Crippen LogP contribution in [0.25, 0.3) is 0 Å². The average Bonchev–Trinajstić information content (AvgIpc) is 2.23. The Morgan fingerprint density at radius 3 is 2.50 bits per heavy atom. The second-order valence-electron chi connectivity index (χ2n) is 4.52. The van der Waals surface area contributed by atoms with Gasteiger partial charge in [-0.05, 0) is 39.2 Å². The first-order chi connectivity index (χ1) is 7.54. The lowest BCUT2D eigenvalue weighted by Crippen LogP contribution is -2.43. The number of carboxylic acids is 1. The van der Waals surface area contributed by atoms with Gasteiger partial charge in [0.1, 0.15) is 0 Å². The zero-order chi connectivity index (χ0) is 12.4. The Bertz CT molecular complexity index is 197. The number of nitrogens with one attached hydrogen (secondary N) is 1. The molecule has 0 bridgehead atoms. The van der Waals surface area contributed by atoms with E-state index in [0.29, 0.717) is 0 Å². The summed E-state index contributed by atoms with van der Waals surface area (Å²) in [6.07, 6.45) is 4.70. The molecule has 1 unspecified atom stereocenters. The minimum atomic E-state index is -0.716. The smallest absolute Gasteiger partial charge is 0.303 e. The Morgan fingerprint density at radius 1 is 1.31 bits per heavy atom. The van der Waals surface area contributed by atoms with Gasteiger partial charge in [0.15, 0.2) is 0 Å². The van der Waals surface area contributed by atoms with Gasteiger partial charge in [0.05, 0.1) is 0 Å². The molecule has 0 spiro atoms. The van der Waals surface area contributed by atoms with Crippen molar-refractivity contribution in [2.75, 3.05) is 13.2 Å². The lowest BCUT2D eigenvalue weighted by atomic mass is 9.95. The second kappa shape index (κ2) is 8.53. The lowest BCUT2D eigenvalue weighted by molar-refractivity contribution is -0.137. The standard InChI is InChI=1S/C12H25NO3/c1-3-12(2,8-10-14)13-9-6-4-5-7-11(15)16/h13-14H,3-10H2,1-2H3,(H,15,16). The Labute approximate surface area is 98.1 Å². The molecule has 0 saturated heterocycles. The van der Waals surface area contributed by atoms with Gasteiger partial charge in [0, 0.05) is 18.6 Å². The maximum absolute atomic E-state index is 10.3. The van der Waals surface area contributed by atoms with Gasteiger partial charge in [-0.2, -0.15) is 0 Å². The van der Waals surface area contributed by atoms with Crippen LogP contribution in [0.2, 0.25) is 0 Å². The quantitative estimate of drug-likeness (QED) is 0.501. The van der Waals surface area contributed by atoms with Crippen molar-refractivity contribution in [1.29, 1.82) is 0 Å². The van der Waals surface area contributed by atoms with Crippen LogP contribution >= 0.6 is 0 Å². The molecular formula is C12H25NO3. The van der Waals surface area contributed by atoms with Gasteiger partial charge in [-0.3, -0.25) is 4.79 Å². The summed E-state index contributed by atoms with van der Waals surface area (Å²) in [5, 5.41) is 20.8. The average molecular weight is 231 g/mol. The van der Waals surface area contributed by atoms with Gasteiger partial charge < -0.3 is 15.5 Å². The van der Waals surface area contributed by atoms with Crippen LogP contribution in [-0.2, 0) is 4.79 Å². The van der Waals surface area contributed by atoms with Gasteiger partial charge >= 0.3 is 5.97 Å². The number of carbonyl (C=O) groups is 1. The van der Waals surface area contributed by atoms with Gasteiger partial charge in [0.2, 0.25) is 0 Å². The molecule has 96 valence electrons. The van der Waals surface area contributed by atoms with E-state index in [1.807, 2.05) is 0 Å². The topological polar surface area (TPSA) is 69.6 Å². The summed E-state index contributed by atoms with van der Waals surface area (Å²) >= 11 is 0. The maximum Gasteiger partial charge on any atom is 0.303 e. The summed E-state index contributed by atoms with van der Waals surface area (Å²) in [6.45, 7) is 5.31. The van der Waals surface area contributed by atoms with Crippen LogP contribution in [0.15, 0.2) is 0 Å². The van der Waals surface area contributed by atoms with Crippen LogP contribution in [0.5, 0.6) is 0 Å². The predicted molar refractivity (Wildman–Crippen MR) is 64.5 cm³/mol. The first-order valence-electron chi connectivity index (χ1n) is 6.12. The van der Waals surface area contributed by atoms with Crippen molar-refractivity contribution in [2.24, 2.45) is 0 Å². The molecule has 0 radical (unpaired) electrons. The van der Waals surface area contributed by atoms with Gasteiger partial charge in [-0.15, -0.1) is 0 Å². The zero-order valence-corrected chi connectivity index (χ0v) is 10.5. The van der Waals surface area contributed by atoms with Crippen LogP contribution in [0, 0.1) is 0 Å². The van der Waals surface area contributed by atoms with E-state index in [1.165, 1.54) is 0 Å². The highest BCUT2D eigenvalue weighted by molar-refractivity contribution is 5.66. The molecule has 0 fully saturated rings. The van der Waals surface area contributed by atoms with Crippen LogP contribution < -0.4 is 5.32 Å². The maximum atomic E-state index is 10.3. The summed E-state index contributed by atoms with van der Waals surface area (Å²) < 4.78 is 0. The number of hydrogen-bond donors (Lipinski definition) is 3. The van der Waals surface area contributed by atoms with Crippen molar-refractivity contribution in [3.63, 3.8) is 0 Å². The Balaban J connectivity index is 3.51. The molecule has 3 N–H and O–H groups in total. The van der Waals surface area contributed by atoms with Crippen LogP contribution in [0.3, 0.4) is 0 Å². The van der Waals surface area contributed by atoms with E-state index in [2.05, 4.69) is 19.2 Å². The molecule has 4 nitrogen and oxygen atoms in total. The molecule has 4 heteroatoms. The highest BCUT2D eigenvalue weighted by atomic mass is 16.4. The van der Waals surface area contributed by atoms with E-state index in [1.54, 1.807) is 0 Å². The van der Waals surface area contributed by atoms with Gasteiger partial charge in [-0.1, -0.05) is 13.3 Å². The number of hydrogen-bond acceptors (Lipinski definition) is 3. The van der Waals surface area contributed by atoms with Crippen molar-refractivity contribution in [1.82, 2.24) is 5.32 Å². The van der Waals surface area contributed by atoms with Crippen molar-refractivity contribution in [3.8, 4) is 0 Å². The first-order valence-corrected chi connectivity index (χ1v) is 6.12. The van der Waals surface area contributed by atoms with E-state index < -0.39 is 5.97 Å². The van der Waals surface area contributed by atoms with E-state index in [4.69, 9.17) is 10.2 Å². The van der Waals surface area contributed by atoms with Crippen molar-refractivity contribution in [2.45, 2.75) is 57.9 Å². The number of aliphatic hydroxyl groups is 1. The molecule has 16 heavy (non-hydrogen) atoms. The fourth-order valence-electron chi connectivity index (χ4n) is 1.61. The number of rotatable bonds is 10. The fraction of sp³-hybridized carbons (Fsp3) is 0.917. The Morgan fingerprint density at radius 2 is 2.00 bits per heavy atom. The molecular weight excluding hydrogens is 206 g/mol. The molecule has 0 aliphatic carbocycles. The molecule has 0 rings (SSSR count). The normalized spacial score (nSPS) is 14.7. The van der Waals surface area contributed by atoms with Crippen molar-refractivity contribution < 1.29 is 15.0 Å². The number of unbranched alkanes of at least 4 members (excludes halogenated alkanes) is 2. The summed E-state index contributed by atoms with van der Waals surface area (Å²) in [7, 11) is 0. The Kier molecular flexibility index (Phi) is 8.21.